The molecule has 1 amide bonds. The van der Waals surface area contributed by atoms with Crippen LogP contribution in [0.2, 0.25) is 0 Å². The second kappa shape index (κ2) is 6.46. The van der Waals surface area contributed by atoms with Gasteiger partial charge in [0.2, 0.25) is 0 Å². The molecule has 5 heteroatoms. The van der Waals surface area contributed by atoms with Crippen molar-refractivity contribution in [1.29, 1.82) is 0 Å². The maximum atomic E-state index is 13.7. The lowest BCUT2D eigenvalue weighted by atomic mass is 10.1. The van der Waals surface area contributed by atoms with E-state index < -0.39 is 5.82 Å². The Morgan fingerprint density at radius 3 is 2.65 bits per heavy atom. The number of benzene rings is 2. The van der Waals surface area contributed by atoms with Crippen molar-refractivity contribution in [3.8, 4) is 0 Å². The highest BCUT2D eigenvalue weighted by Gasteiger charge is 2.16. The molecule has 0 aliphatic rings. The van der Waals surface area contributed by atoms with E-state index in [1.54, 1.807) is 12.3 Å². The van der Waals surface area contributed by atoms with E-state index in [2.05, 4.69) is 26.2 Å². The number of pyridine rings is 1. The fourth-order valence-electron chi connectivity index (χ4n) is 2.48. The minimum absolute atomic E-state index is 0.169. The second-order valence-corrected chi connectivity index (χ2v) is 6.10. The molecule has 116 valence electrons. The zero-order valence-electron chi connectivity index (χ0n) is 12.4. The highest BCUT2D eigenvalue weighted by molar-refractivity contribution is 9.10. The number of hydrogen-bond acceptors (Lipinski definition) is 2. The normalized spacial score (nSPS) is 12.1. The van der Waals surface area contributed by atoms with E-state index in [1.165, 1.54) is 12.1 Å². The summed E-state index contributed by atoms with van der Waals surface area (Å²) in [7, 11) is 0. The summed E-state index contributed by atoms with van der Waals surface area (Å²) in [5, 5.41) is 4.14. The van der Waals surface area contributed by atoms with Gasteiger partial charge in [0.05, 0.1) is 6.04 Å². The van der Waals surface area contributed by atoms with Crippen LogP contribution >= 0.6 is 15.9 Å². The summed E-state index contributed by atoms with van der Waals surface area (Å²) in [5.41, 5.74) is 1.21. The van der Waals surface area contributed by atoms with Crippen molar-refractivity contribution in [2.45, 2.75) is 13.0 Å². The Bertz CT molecular complexity index is 868. The highest BCUT2D eigenvalue weighted by atomic mass is 79.9. The fraction of sp³-hybridized carbons (Fsp3) is 0.111. The van der Waals surface area contributed by atoms with E-state index in [1.807, 2.05) is 37.3 Å². The molecule has 1 heterocycles. The molecule has 3 rings (SSSR count). The van der Waals surface area contributed by atoms with Crippen molar-refractivity contribution in [3.63, 3.8) is 0 Å². The number of carbonyl (C=O) groups is 1. The molecule has 1 N–H and O–H groups in total. The summed E-state index contributed by atoms with van der Waals surface area (Å²) in [5.74, 6) is -0.744. The topological polar surface area (TPSA) is 42.0 Å². The zero-order chi connectivity index (χ0) is 16.4. The van der Waals surface area contributed by atoms with Gasteiger partial charge in [0, 0.05) is 16.1 Å². The summed E-state index contributed by atoms with van der Waals surface area (Å²) in [6, 6.07) is 13.9. The number of halogens is 2. The summed E-state index contributed by atoms with van der Waals surface area (Å²) < 4.78 is 14.3. The predicted molar refractivity (Wildman–Crippen MR) is 91.7 cm³/mol. The Morgan fingerprint density at radius 1 is 1.17 bits per heavy atom. The van der Waals surface area contributed by atoms with Gasteiger partial charge in [-0.15, -0.1) is 0 Å². The van der Waals surface area contributed by atoms with E-state index in [0.717, 1.165) is 10.9 Å². The molecule has 0 bridgehead atoms. The average molecular weight is 373 g/mol. The first kappa shape index (κ1) is 15.6. The SMILES string of the molecule is CC(NC(=O)c1nccc2c(Br)cc(F)cc12)c1ccccc1. The molecule has 0 aliphatic carbocycles. The molecule has 0 radical (unpaired) electrons. The number of rotatable bonds is 3. The van der Waals surface area contributed by atoms with Crippen molar-refractivity contribution in [2.24, 2.45) is 0 Å². The molecular formula is C18H14BrFN2O. The van der Waals surface area contributed by atoms with E-state index in [9.17, 15) is 9.18 Å². The monoisotopic (exact) mass is 372 g/mol. The summed E-state index contributed by atoms with van der Waals surface area (Å²) >= 11 is 3.32. The molecule has 1 atom stereocenters. The van der Waals surface area contributed by atoms with Gasteiger partial charge in [-0.2, -0.15) is 0 Å². The number of aromatic nitrogens is 1. The largest absolute Gasteiger partial charge is 0.344 e. The van der Waals surface area contributed by atoms with Gasteiger partial charge in [0.15, 0.2) is 0 Å². The standard InChI is InChI=1S/C18H14BrFN2O/c1-11(12-5-3-2-4-6-12)22-18(23)17-15-9-13(20)10-16(19)14(15)7-8-21-17/h2-11H,1H3,(H,22,23). The lowest BCUT2D eigenvalue weighted by Crippen LogP contribution is -2.27. The molecule has 1 unspecified atom stereocenters. The number of fused-ring (bicyclic) bond motifs is 1. The van der Waals surface area contributed by atoms with Crippen molar-refractivity contribution >= 4 is 32.6 Å². The minimum atomic E-state index is -0.414. The number of amides is 1. The number of nitrogens with one attached hydrogen (secondary N) is 1. The van der Waals surface area contributed by atoms with Crippen LogP contribution < -0.4 is 5.32 Å². The molecule has 0 saturated carbocycles. The molecule has 1 aromatic heterocycles. The first-order valence-corrected chi connectivity index (χ1v) is 7.95. The Kier molecular flexibility index (Phi) is 4.39. The number of carbonyl (C=O) groups excluding carboxylic acids is 1. The summed E-state index contributed by atoms with van der Waals surface area (Å²) in [4.78, 5) is 16.7. The number of nitrogens with zero attached hydrogens (tertiary/aromatic N) is 1. The third kappa shape index (κ3) is 3.24. The highest BCUT2D eigenvalue weighted by Crippen LogP contribution is 2.27. The van der Waals surface area contributed by atoms with Crippen LogP contribution in [-0.4, -0.2) is 10.9 Å². The molecule has 0 fully saturated rings. The second-order valence-electron chi connectivity index (χ2n) is 5.25. The van der Waals surface area contributed by atoms with Gasteiger partial charge in [-0.25, -0.2) is 4.39 Å². The molecule has 3 aromatic rings. The Hall–Kier alpha value is -2.27. The Morgan fingerprint density at radius 2 is 1.91 bits per heavy atom. The first-order chi connectivity index (χ1) is 11.1. The van der Waals surface area contributed by atoms with Crippen molar-refractivity contribution in [3.05, 3.63) is 76.3 Å². The third-order valence-electron chi connectivity index (χ3n) is 3.66. The van der Waals surface area contributed by atoms with Gasteiger partial charge in [-0.05, 0) is 36.1 Å². The van der Waals surface area contributed by atoms with Crippen molar-refractivity contribution in [2.75, 3.05) is 0 Å². The van der Waals surface area contributed by atoms with Gasteiger partial charge in [-0.3, -0.25) is 9.78 Å². The van der Waals surface area contributed by atoms with Crippen LogP contribution in [0.15, 0.2) is 59.2 Å². The van der Waals surface area contributed by atoms with Crippen LogP contribution in [0.5, 0.6) is 0 Å². The van der Waals surface area contributed by atoms with Crippen molar-refractivity contribution < 1.29 is 9.18 Å². The first-order valence-electron chi connectivity index (χ1n) is 7.16. The van der Waals surface area contributed by atoms with Crippen LogP contribution in [-0.2, 0) is 0 Å². The zero-order valence-corrected chi connectivity index (χ0v) is 14.0. The van der Waals surface area contributed by atoms with Gasteiger partial charge >= 0.3 is 0 Å². The van der Waals surface area contributed by atoms with Gasteiger partial charge in [0.25, 0.3) is 5.91 Å². The third-order valence-corrected chi connectivity index (χ3v) is 4.31. The molecule has 0 saturated heterocycles. The van der Waals surface area contributed by atoms with E-state index in [-0.39, 0.29) is 17.6 Å². The Labute approximate surface area is 141 Å². The summed E-state index contributed by atoms with van der Waals surface area (Å²) in [6.45, 7) is 1.90. The fourth-order valence-corrected chi connectivity index (χ4v) is 3.04. The quantitative estimate of drug-likeness (QED) is 0.728. The number of hydrogen-bond donors (Lipinski definition) is 1. The molecule has 3 nitrogen and oxygen atoms in total. The van der Waals surface area contributed by atoms with Gasteiger partial charge < -0.3 is 5.32 Å². The van der Waals surface area contributed by atoms with Crippen LogP contribution in [0.25, 0.3) is 10.8 Å². The molecule has 0 spiro atoms. The van der Waals surface area contributed by atoms with Crippen LogP contribution in [0.1, 0.15) is 29.0 Å². The van der Waals surface area contributed by atoms with Gasteiger partial charge in [0.1, 0.15) is 11.5 Å². The maximum Gasteiger partial charge on any atom is 0.270 e. The smallest absolute Gasteiger partial charge is 0.270 e. The average Bonchev–Trinajstić information content (AvgIpc) is 2.55. The molecular weight excluding hydrogens is 359 g/mol. The Balaban J connectivity index is 1.95. The van der Waals surface area contributed by atoms with E-state index >= 15 is 0 Å². The molecule has 2 aromatic carbocycles. The van der Waals surface area contributed by atoms with Crippen LogP contribution in [0.4, 0.5) is 4.39 Å². The van der Waals surface area contributed by atoms with Crippen LogP contribution in [0.3, 0.4) is 0 Å². The lowest BCUT2D eigenvalue weighted by molar-refractivity contribution is 0.0936. The van der Waals surface area contributed by atoms with E-state index in [4.69, 9.17) is 0 Å². The van der Waals surface area contributed by atoms with Crippen molar-refractivity contribution in [1.82, 2.24) is 10.3 Å². The lowest BCUT2D eigenvalue weighted by Gasteiger charge is -2.15. The maximum absolute atomic E-state index is 13.7. The van der Waals surface area contributed by atoms with E-state index in [0.29, 0.717) is 9.86 Å². The van der Waals surface area contributed by atoms with Crippen LogP contribution in [0, 0.1) is 5.82 Å². The minimum Gasteiger partial charge on any atom is -0.344 e. The predicted octanol–water partition coefficient (Wildman–Crippen LogP) is 4.63. The molecule has 23 heavy (non-hydrogen) atoms. The summed E-state index contributed by atoms with van der Waals surface area (Å²) in [6.07, 6.45) is 1.55. The van der Waals surface area contributed by atoms with Gasteiger partial charge in [-0.1, -0.05) is 46.3 Å². The molecule has 0 aliphatic heterocycles.